The molecule has 0 spiro atoms. The smallest absolute Gasteiger partial charge is 0.261 e. The van der Waals surface area contributed by atoms with Crippen molar-refractivity contribution in [2.24, 2.45) is 0 Å². The summed E-state index contributed by atoms with van der Waals surface area (Å²) in [6.45, 7) is 2.61. The van der Waals surface area contributed by atoms with Gasteiger partial charge < -0.3 is 0 Å². The Kier molecular flexibility index (Phi) is 3.86. The summed E-state index contributed by atoms with van der Waals surface area (Å²) in [6.07, 6.45) is 0.689. The van der Waals surface area contributed by atoms with E-state index in [0.717, 1.165) is 17.9 Å². The molecular formula is C19H18FN3O. The van der Waals surface area contributed by atoms with Crippen molar-refractivity contribution in [2.45, 2.75) is 19.5 Å². The fraction of sp³-hybridized carbons (Fsp3) is 0.263. The zero-order valence-corrected chi connectivity index (χ0v) is 13.3. The van der Waals surface area contributed by atoms with Crippen LogP contribution in [0.4, 0.5) is 4.39 Å². The zero-order chi connectivity index (χ0) is 16.5. The average molecular weight is 323 g/mol. The van der Waals surface area contributed by atoms with Gasteiger partial charge in [0.05, 0.1) is 10.9 Å². The van der Waals surface area contributed by atoms with Crippen LogP contribution < -0.4 is 5.56 Å². The van der Waals surface area contributed by atoms with Crippen LogP contribution in [0.2, 0.25) is 0 Å². The quantitative estimate of drug-likeness (QED) is 0.727. The Morgan fingerprint density at radius 3 is 2.67 bits per heavy atom. The molecule has 0 amide bonds. The van der Waals surface area contributed by atoms with Gasteiger partial charge in [0.15, 0.2) is 0 Å². The monoisotopic (exact) mass is 323 g/mol. The second-order valence-corrected chi connectivity index (χ2v) is 6.12. The molecule has 0 saturated carbocycles. The van der Waals surface area contributed by atoms with E-state index in [2.05, 4.69) is 9.88 Å². The van der Waals surface area contributed by atoms with Gasteiger partial charge in [-0.25, -0.2) is 9.37 Å². The first-order valence-corrected chi connectivity index (χ1v) is 8.16. The van der Waals surface area contributed by atoms with E-state index in [1.807, 2.05) is 36.4 Å². The van der Waals surface area contributed by atoms with Crippen LogP contribution in [0.25, 0.3) is 10.9 Å². The van der Waals surface area contributed by atoms with Crippen LogP contribution in [0.3, 0.4) is 0 Å². The summed E-state index contributed by atoms with van der Waals surface area (Å²) < 4.78 is 15.6. The van der Waals surface area contributed by atoms with Crippen LogP contribution in [0.1, 0.15) is 11.4 Å². The van der Waals surface area contributed by atoms with Crippen molar-refractivity contribution in [3.05, 3.63) is 76.1 Å². The van der Waals surface area contributed by atoms with Crippen molar-refractivity contribution >= 4 is 10.9 Å². The molecule has 1 aromatic heterocycles. The van der Waals surface area contributed by atoms with Gasteiger partial charge >= 0.3 is 0 Å². The number of benzene rings is 2. The van der Waals surface area contributed by atoms with E-state index < -0.39 is 0 Å². The first kappa shape index (κ1) is 15.0. The van der Waals surface area contributed by atoms with Crippen LogP contribution in [0, 0.1) is 5.82 Å². The highest BCUT2D eigenvalue weighted by Gasteiger charge is 2.18. The molecule has 0 fully saturated rings. The number of hydrogen-bond acceptors (Lipinski definition) is 3. The highest BCUT2D eigenvalue weighted by atomic mass is 19.1. The second-order valence-electron chi connectivity index (χ2n) is 6.12. The van der Waals surface area contributed by atoms with Gasteiger partial charge in [-0.3, -0.25) is 14.3 Å². The minimum atomic E-state index is -0.180. The SMILES string of the molecule is O=c1c2ccccc2nc2n1CCN(Cc1ccccc1F)CC2. The molecule has 0 atom stereocenters. The van der Waals surface area contributed by atoms with Crippen molar-refractivity contribution in [1.29, 1.82) is 0 Å². The lowest BCUT2D eigenvalue weighted by Gasteiger charge is -2.19. The Labute approximate surface area is 139 Å². The first-order chi connectivity index (χ1) is 11.7. The molecule has 0 aliphatic carbocycles. The molecule has 5 heteroatoms. The van der Waals surface area contributed by atoms with Crippen LogP contribution in [0.15, 0.2) is 53.3 Å². The van der Waals surface area contributed by atoms with E-state index >= 15 is 0 Å². The molecule has 2 aromatic carbocycles. The zero-order valence-electron chi connectivity index (χ0n) is 13.3. The molecule has 24 heavy (non-hydrogen) atoms. The summed E-state index contributed by atoms with van der Waals surface area (Å²) in [7, 11) is 0. The van der Waals surface area contributed by atoms with Crippen molar-refractivity contribution in [2.75, 3.05) is 13.1 Å². The minimum Gasteiger partial charge on any atom is -0.297 e. The standard InChI is InChI=1S/C19H18FN3O/c20-16-7-3-1-5-14(16)13-22-10-9-18-21-17-8-4-2-6-15(17)19(24)23(18)12-11-22/h1-8H,9-13H2. The molecule has 1 aliphatic heterocycles. The van der Waals surface area contributed by atoms with Gasteiger partial charge in [-0.05, 0) is 18.2 Å². The predicted molar refractivity (Wildman–Crippen MR) is 91.4 cm³/mol. The topological polar surface area (TPSA) is 38.1 Å². The second kappa shape index (κ2) is 6.17. The van der Waals surface area contributed by atoms with Crippen LogP contribution >= 0.6 is 0 Å². The third-order valence-electron chi connectivity index (χ3n) is 4.58. The van der Waals surface area contributed by atoms with E-state index in [-0.39, 0.29) is 11.4 Å². The molecule has 1 aliphatic rings. The van der Waals surface area contributed by atoms with Gasteiger partial charge in [0.1, 0.15) is 11.6 Å². The van der Waals surface area contributed by atoms with Crippen molar-refractivity contribution in [3.63, 3.8) is 0 Å². The third-order valence-corrected chi connectivity index (χ3v) is 4.58. The molecule has 0 unspecified atom stereocenters. The highest BCUT2D eigenvalue weighted by molar-refractivity contribution is 5.77. The maximum Gasteiger partial charge on any atom is 0.261 e. The molecule has 0 N–H and O–H groups in total. The number of nitrogens with zero attached hydrogens (tertiary/aromatic N) is 3. The lowest BCUT2D eigenvalue weighted by molar-refractivity contribution is 0.267. The van der Waals surface area contributed by atoms with Crippen molar-refractivity contribution in [1.82, 2.24) is 14.5 Å². The predicted octanol–water partition coefficient (Wildman–Crippen LogP) is 2.59. The summed E-state index contributed by atoms with van der Waals surface area (Å²) in [4.78, 5) is 19.5. The maximum atomic E-state index is 13.9. The van der Waals surface area contributed by atoms with E-state index in [9.17, 15) is 9.18 Å². The highest BCUT2D eigenvalue weighted by Crippen LogP contribution is 2.14. The molecular weight excluding hydrogens is 305 g/mol. The molecule has 4 rings (SSSR count). The number of hydrogen-bond donors (Lipinski definition) is 0. The van der Waals surface area contributed by atoms with Gasteiger partial charge in [-0.2, -0.15) is 0 Å². The van der Waals surface area contributed by atoms with Crippen LogP contribution in [-0.4, -0.2) is 27.5 Å². The van der Waals surface area contributed by atoms with E-state index in [0.29, 0.717) is 37.0 Å². The average Bonchev–Trinajstić information content (AvgIpc) is 2.80. The largest absolute Gasteiger partial charge is 0.297 e. The van der Waals surface area contributed by atoms with Crippen LogP contribution in [0.5, 0.6) is 0 Å². The fourth-order valence-electron chi connectivity index (χ4n) is 3.27. The van der Waals surface area contributed by atoms with Crippen molar-refractivity contribution in [3.8, 4) is 0 Å². The number of fused-ring (bicyclic) bond motifs is 2. The fourth-order valence-corrected chi connectivity index (χ4v) is 3.27. The Balaban J connectivity index is 1.62. The molecule has 4 nitrogen and oxygen atoms in total. The summed E-state index contributed by atoms with van der Waals surface area (Å²) in [5.74, 6) is 0.634. The molecule has 2 heterocycles. The number of halogens is 1. The Bertz CT molecular complexity index is 951. The van der Waals surface area contributed by atoms with E-state index in [1.54, 1.807) is 10.6 Å². The third kappa shape index (κ3) is 2.71. The van der Waals surface area contributed by atoms with Crippen molar-refractivity contribution < 1.29 is 4.39 Å². The normalized spacial score (nSPS) is 15.2. The first-order valence-electron chi connectivity index (χ1n) is 8.16. The van der Waals surface area contributed by atoms with E-state index in [1.165, 1.54) is 6.07 Å². The van der Waals surface area contributed by atoms with E-state index in [4.69, 9.17) is 0 Å². The molecule has 122 valence electrons. The molecule has 3 aromatic rings. The summed E-state index contributed by atoms with van der Waals surface area (Å²) in [5.41, 5.74) is 1.45. The lowest BCUT2D eigenvalue weighted by Crippen LogP contribution is -2.29. The molecule has 0 bridgehead atoms. The van der Waals surface area contributed by atoms with Gasteiger partial charge in [0.25, 0.3) is 5.56 Å². The Morgan fingerprint density at radius 2 is 1.79 bits per heavy atom. The Hall–Kier alpha value is -2.53. The Morgan fingerprint density at radius 1 is 1.00 bits per heavy atom. The summed E-state index contributed by atoms with van der Waals surface area (Å²) in [5, 5.41) is 0.656. The van der Waals surface area contributed by atoms with Gasteiger partial charge in [-0.1, -0.05) is 30.3 Å². The van der Waals surface area contributed by atoms with Gasteiger partial charge in [0.2, 0.25) is 0 Å². The minimum absolute atomic E-state index is 0.0170. The van der Waals surface area contributed by atoms with Gasteiger partial charge in [-0.15, -0.1) is 0 Å². The summed E-state index contributed by atoms with van der Waals surface area (Å²) >= 11 is 0. The maximum absolute atomic E-state index is 13.9. The molecule has 0 radical (unpaired) electrons. The summed E-state index contributed by atoms with van der Waals surface area (Å²) in [6, 6.07) is 14.3. The lowest BCUT2D eigenvalue weighted by atomic mass is 10.2. The van der Waals surface area contributed by atoms with Crippen LogP contribution in [-0.2, 0) is 19.5 Å². The van der Waals surface area contributed by atoms with Gasteiger partial charge in [0, 0.05) is 38.2 Å². The molecule has 0 saturated heterocycles. The number of rotatable bonds is 2. The number of aromatic nitrogens is 2. The number of para-hydroxylation sites is 1.